The van der Waals surface area contributed by atoms with Gasteiger partial charge in [0.15, 0.2) is 0 Å². The van der Waals surface area contributed by atoms with Gasteiger partial charge in [0.2, 0.25) is 11.7 Å². The van der Waals surface area contributed by atoms with Gasteiger partial charge in [-0.1, -0.05) is 54.1 Å². The summed E-state index contributed by atoms with van der Waals surface area (Å²) in [4.78, 5) is 20.1. The van der Waals surface area contributed by atoms with Crippen LogP contribution in [0.3, 0.4) is 0 Å². The van der Waals surface area contributed by atoms with E-state index in [1.165, 1.54) is 13.2 Å². The van der Waals surface area contributed by atoms with E-state index in [0.29, 0.717) is 12.5 Å². The van der Waals surface area contributed by atoms with Crippen molar-refractivity contribution in [3.05, 3.63) is 106 Å². The lowest BCUT2D eigenvalue weighted by Gasteiger charge is -2.16. The van der Waals surface area contributed by atoms with Gasteiger partial charge in [-0.05, 0) is 41.5 Å². The van der Waals surface area contributed by atoms with Crippen LogP contribution in [0.15, 0.2) is 83.8 Å². The Morgan fingerprint density at radius 3 is 2.68 bits per heavy atom. The Hall–Kier alpha value is -4.10. The molecule has 34 heavy (non-hydrogen) atoms. The summed E-state index contributed by atoms with van der Waals surface area (Å²) in [7, 11) is 1.41. The van der Waals surface area contributed by atoms with E-state index in [1.807, 2.05) is 48.5 Å². The van der Waals surface area contributed by atoms with Crippen molar-refractivity contribution in [2.24, 2.45) is 0 Å². The van der Waals surface area contributed by atoms with E-state index >= 15 is 0 Å². The third-order valence-corrected chi connectivity index (χ3v) is 5.81. The highest BCUT2D eigenvalue weighted by molar-refractivity contribution is 6.30. The highest BCUT2D eigenvalue weighted by Crippen LogP contribution is 2.31. The molecule has 5 rings (SSSR count). The number of fused-ring (bicyclic) bond motifs is 1. The number of anilines is 2. The molecule has 2 aromatic heterocycles. The van der Waals surface area contributed by atoms with E-state index in [9.17, 15) is 9.18 Å². The average Bonchev–Trinajstić information content (AvgIpc) is 3.29. The summed E-state index contributed by atoms with van der Waals surface area (Å²) in [6.07, 6.45) is 1.57. The Kier molecular flexibility index (Phi) is 5.77. The molecule has 0 aliphatic rings. The van der Waals surface area contributed by atoms with Crippen molar-refractivity contribution in [3.63, 3.8) is 0 Å². The number of nitrogens with one attached hydrogen (secondary N) is 2. The first-order valence-corrected chi connectivity index (χ1v) is 10.9. The molecule has 0 fully saturated rings. The summed E-state index contributed by atoms with van der Waals surface area (Å²) in [5, 5.41) is 4.26. The number of aromatic amines is 1. The minimum absolute atomic E-state index is 0.0264. The van der Waals surface area contributed by atoms with Gasteiger partial charge in [0, 0.05) is 16.6 Å². The molecule has 0 unspecified atom stereocenters. The lowest BCUT2D eigenvalue weighted by Crippen LogP contribution is -2.18. The second kappa shape index (κ2) is 9.03. The quantitative estimate of drug-likeness (QED) is 0.317. The van der Waals surface area contributed by atoms with Crippen molar-refractivity contribution in [1.82, 2.24) is 14.5 Å². The van der Waals surface area contributed by atoms with Crippen LogP contribution in [-0.2, 0) is 6.54 Å². The number of nitrogens with zero attached hydrogens (tertiary/aromatic N) is 2. The van der Waals surface area contributed by atoms with Crippen LogP contribution >= 0.6 is 11.6 Å². The maximum atomic E-state index is 13.6. The normalized spacial score (nSPS) is 11.0. The number of halogens is 2. The van der Waals surface area contributed by atoms with Crippen LogP contribution in [0.25, 0.3) is 22.2 Å². The number of benzene rings is 3. The number of methoxy groups -OCH3 is 1. The summed E-state index contributed by atoms with van der Waals surface area (Å²) >= 11 is 5.96. The van der Waals surface area contributed by atoms with Crippen molar-refractivity contribution < 1.29 is 9.13 Å². The number of ether oxygens (including phenoxy) is 1. The van der Waals surface area contributed by atoms with Crippen LogP contribution in [0, 0.1) is 5.82 Å². The Labute approximate surface area is 199 Å². The fraction of sp³-hybridized carbons (Fsp3) is 0.0769. The molecule has 6 nitrogen and oxygen atoms in total. The third-order valence-electron chi connectivity index (χ3n) is 5.52. The molecule has 0 aliphatic carbocycles. The maximum absolute atomic E-state index is 13.6. The van der Waals surface area contributed by atoms with Gasteiger partial charge in [-0.2, -0.15) is 4.98 Å². The minimum Gasteiger partial charge on any atom is -0.490 e. The van der Waals surface area contributed by atoms with Crippen molar-refractivity contribution in [3.8, 4) is 17.0 Å². The number of hydrogen-bond acceptors (Lipinski definition) is 4. The largest absolute Gasteiger partial charge is 0.490 e. The van der Waals surface area contributed by atoms with Gasteiger partial charge in [-0.15, -0.1) is 0 Å². The molecule has 0 bridgehead atoms. The zero-order valence-corrected chi connectivity index (χ0v) is 18.9. The summed E-state index contributed by atoms with van der Waals surface area (Å²) < 4.78 is 20.5. The zero-order chi connectivity index (χ0) is 23.7. The monoisotopic (exact) mass is 474 g/mol. The molecule has 0 saturated heterocycles. The van der Waals surface area contributed by atoms with E-state index in [1.54, 1.807) is 22.9 Å². The molecule has 0 spiro atoms. The lowest BCUT2D eigenvalue weighted by molar-refractivity contribution is 0.402. The van der Waals surface area contributed by atoms with Crippen LogP contribution in [0.4, 0.5) is 16.0 Å². The van der Waals surface area contributed by atoms with E-state index < -0.39 is 11.4 Å². The molecule has 5 aromatic rings. The Bertz CT molecular complexity index is 1550. The van der Waals surface area contributed by atoms with Gasteiger partial charge in [0.1, 0.15) is 5.82 Å². The van der Waals surface area contributed by atoms with Gasteiger partial charge in [-0.3, -0.25) is 4.79 Å². The van der Waals surface area contributed by atoms with Crippen molar-refractivity contribution in [2.45, 2.75) is 6.54 Å². The third kappa shape index (κ3) is 4.25. The zero-order valence-electron chi connectivity index (χ0n) is 18.2. The van der Waals surface area contributed by atoms with E-state index in [-0.39, 0.29) is 10.8 Å². The van der Waals surface area contributed by atoms with E-state index in [2.05, 4.69) is 21.4 Å². The van der Waals surface area contributed by atoms with Gasteiger partial charge in [0.05, 0.1) is 30.6 Å². The predicted octanol–water partition coefficient (Wildman–Crippen LogP) is 5.98. The molecule has 2 N–H and O–H groups in total. The van der Waals surface area contributed by atoms with E-state index in [4.69, 9.17) is 16.3 Å². The topological polar surface area (TPSA) is 71.9 Å². The first-order valence-electron chi connectivity index (χ1n) is 10.6. The molecule has 0 aliphatic heterocycles. The van der Waals surface area contributed by atoms with Gasteiger partial charge in [-0.25, -0.2) is 4.39 Å². The van der Waals surface area contributed by atoms with Crippen LogP contribution in [0.5, 0.6) is 5.75 Å². The van der Waals surface area contributed by atoms with Crippen molar-refractivity contribution in [2.75, 3.05) is 12.4 Å². The lowest BCUT2D eigenvalue weighted by atomic mass is 10.1. The first-order chi connectivity index (χ1) is 16.5. The number of rotatable bonds is 6. The molecular weight excluding hydrogens is 455 g/mol. The second-order valence-corrected chi connectivity index (χ2v) is 8.16. The average molecular weight is 475 g/mol. The van der Waals surface area contributed by atoms with Gasteiger partial charge < -0.3 is 19.6 Å². The van der Waals surface area contributed by atoms with Crippen LogP contribution < -0.4 is 15.6 Å². The first kappa shape index (κ1) is 21.7. The number of hydrogen-bond donors (Lipinski definition) is 2. The van der Waals surface area contributed by atoms with Crippen LogP contribution in [0.1, 0.15) is 5.56 Å². The summed E-state index contributed by atoms with van der Waals surface area (Å²) in [6.45, 7) is 0.296. The molecule has 2 heterocycles. The Morgan fingerprint density at radius 2 is 1.91 bits per heavy atom. The second-order valence-electron chi connectivity index (χ2n) is 7.76. The molecule has 0 radical (unpaired) electrons. The van der Waals surface area contributed by atoms with Gasteiger partial charge in [0.25, 0.3) is 0 Å². The Balaban J connectivity index is 1.56. The van der Waals surface area contributed by atoms with Crippen molar-refractivity contribution in [1.29, 1.82) is 0 Å². The number of aromatic nitrogens is 3. The summed E-state index contributed by atoms with van der Waals surface area (Å²) in [5.41, 5.74) is 4.01. The minimum atomic E-state index is -0.496. The fourth-order valence-electron chi connectivity index (χ4n) is 3.83. The van der Waals surface area contributed by atoms with Gasteiger partial charge >= 0.3 is 5.56 Å². The highest BCUT2D eigenvalue weighted by Gasteiger charge is 2.13. The molecule has 0 atom stereocenters. The fourth-order valence-corrected chi connectivity index (χ4v) is 4.03. The molecular formula is C26H20ClFN4O2. The van der Waals surface area contributed by atoms with Crippen LogP contribution in [0.2, 0.25) is 5.02 Å². The van der Waals surface area contributed by atoms with Crippen molar-refractivity contribution >= 4 is 34.1 Å². The highest BCUT2D eigenvalue weighted by atomic mass is 35.5. The smallest absolute Gasteiger partial charge is 0.316 e. The standard InChI is InChI=1S/C26H20ClFN4O2/c1-34-24-15-32(14-16-10-11-20(28)19(27)12-16)26(31-25(24)33)30-22-9-5-8-21-18(22)13-23(29-21)17-6-3-2-4-7-17/h2-13,15,29H,14H2,1H3,(H,30,31,33). The maximum Gasteiger partial charge on any atom is 0.316 e. The molecule has 8 heteroatoms. The van der Waals surface area contributed by atoms with E-state index in [0.717, 1.165) is 33.4 Å². The van der Waals surface area contributed by atoms with Crippen LogP contribution in [-0.4, -0.2) is 21.6 Å². The molecule has 3 aromatic carbocycles. The molecule has 0 amide bonds. The number of H-pyrrole nitrogens is 1. The SMILES string of the molecule is COc1cn(Cc2ccc(F)c(Cl)c2)c(Nc2cccc3[nH]c(-c4ccccc4)cc23)nc1=O. The summed E-state index contributed by atoms with van der Waals surface area (Å²) in [5.74, 6) is -0.0704. The molecule has 0 saturated carbocycles. The molecule has 170 valence electrons. The predicted molar refractivity (Wildman–Crippen MR) is 133 cm³/mol. The summed E-state index contributed by atoms with van der Waals surface area (Å²) in [6, 6.07) is 22.4. The Morgan fingerprint density at radius 1 is 1.09 bits per heavy atom.